The molecule has 0 radical (unpaired) electrons. The number of benzene rings is 1. The summed E-state index contributed by atoms with van der Waals surface area (Å²) in [6, 6.07) is 6.52. The lowest BCUT2D eigenvalue weighted by atomic mass is 9.88. The molecule has 4 nitrogen and oxygen atoms in total. The molecular formula is C17H22O4S. The monoisotopic (exact) mass is 322 g/mol. The normalized spacial score (nSPS) is 20.9. The van der Waals surface area contributed by atoms with Crippen LogP contribution in [-0.4, -0.2) is 24.7 Å². The van der Waals surface area contributed by atoms with Crippen molar-refractivity contribution in [3.05, 3.63) is 29.8 Å². The van der Waals surface area contributed by atoms with Crippen LogP contribution in [-0.2, 0) is 14.6 Å². The van der Waals surface area contributed by atoms with Gasteiger partial charge >= 0.3 is 5.97 Å². The minimum atomic E-state index is -3.20. The summed E-state index contributed by atoms with van der Waals surface area (Å²) in [5, 5.41) is 9.27. The van der Waals surface area contributed by atoms with Crippen molar-refractivity contribution in [2.24, 2.45) is 5.92 Å². The third-order valence-electron chi connectivity index (χ3n) is 4.92. The Kier molecular flexibility index (Phi) is 4.26. The quantitative estimate of drug-likeness (QED) is 0.871. The molecule has 120 valence electrons. The van der Waals surface area contributed by atoms with Crippen molar-refractivity contribution in [1.82, 2.24) is 0 Å². The molecule has 2 fully saturated rings. The number of carboxylic acid groups (broad SMARTS) is 1. The lowest BCUT2D eigenvalue weighted by Crippen LogP contribution is -2.15. The van der Waals surface area contributed by atoms with Gasteiger partial charge in [-0.3, -0.25) is 4.79 Å². The van der Waals surface area contributed by atoms with E-state index in [9.17, 15) is 18.3 Å². The highest BCUT2D eigenvalue weighted by atomic mass is 32.2. The molecule has 2 aliphatic rings. The molecule has 2 aliphatic carbocycles. The Morgan fingerprint density at radius 3 is 2.18 bits per heavy atom. The first-order valence-electron chi connectivity index (χ1n) is 8.05. The Bertz CT molecular complexity index is 638. The minimum Gasteiger partial charge on any atom is -0.481 e. The first kappa shape index (κ1) is 15.5. The Balaban J connectivity index is 1.78. The van der Waals surface area contributed by atoms with E-state index in [4.69, 9.17) is 0 Å². The van der Waals surface area contributed by atoms with Gasteiger partial charge in [0.1, 0.15) is 0 Å². The summed E-state index contributed by atoms with van der Waals surface area (Å²) in [5.74, 6) is -0.860. The maximum atomic E-state index is 12.2. The number of hydrogen-bond donors (Lipinski definition) is 1. The average Bonchev–Trinajstić information content (AvgIpc) is 3.24. The maximum Gasteiger partial charge on any atom is 0.310 e. The minimum absolute atomic E-state index is 0.230. The highest BCUT2D eigenvalue weighted by molar-refractivity contribution is 7.92. The fourth-order valence-corrected chi connectivity index (χ4v) is 5.08. The lowest BCUT2D eigenvalue weighted by molar-refractivity contribution is -0.139. The second-order valence-electron chi connectivity index (χ2n) is 6.59. The van der Waals surface area contributed by atoms with Crippen LogP contribution in [0.5, 0.6) is 0 Å². The number of aliphatic carboxylic acids is 1. The van der Waals surface area contributed by atoms with Gasteiger partial charge in [-0.05, 0) is 42.9 Å². The van der Waals surface area contributed by atoms with Gasteiger partial charge in [-0.1, -0.05) is 37.8 Å². The van der Waals surface area contributed by atoms with Gasteiger partial charge in [0.15, 0.2) is 9.84 Å². The number of rotatable bonds is 6. The standard InChI is InChI=1S/C17H22O4S/c18-17(19)16(11-12-3-1-2-4-12)13-5-7-14(8-6-13)22(20,21)15-9-10-15/h5-8,12,15-16H,1-4,9-11H2,(H,18,19). The van der Waals surface area contributed by atoms with Crippen LogP contribution in [0.2, 0.25) is 0 Å². The topological polar surface area (TPSA) is 71.4 Å². The Hall–Kier alpha value is -1.36. The molecule has 1 atom stereocenters. The van der Waals surface area contributed by atoms with E-state index in [0.29, 0.717) is 22.8 Å². The molecule has 0 bridgehead atoms. The van der Waals surface area contributed by atoms with Crippen molar-refractivity contribution in [3.63, 3.8) is 0 Å². The van der Waals surface area contributed by atoms with Gasteiger partial charge in [0.2, 0.25) is 0 Å². The first-order chi connectivity index (χ1) is 10.5. The van der Waals surface area contributed by atoms with Gasteiger partial charge in [0.05, 0.1) is 16.1 Å². The summed E-state index contributed by atoms with van der Waals surface area (Å²) < 4.78 is 24.3. The molecule has 5 heteroatoms. The van der Waals surface area contributed by atoms with Crippen LogP contribution in [0.3, 0.4) is 0 Å². The van der Waals surface area contributed by atoms with E-state index in [-0.39, 0.29) is 5.25 Å². The average molecular weight is 322 g/mol. The van der Waals surface area contributed by atoms with Crippen LogP contribution < -0.4 is 0 Å². The Morgan fingerprint density at radius 2 is 1.68 bits per heavy atom. The van der Waals surface area contributed by atoms with Crippen LogP contribution in [0.4, 0.5) is 0 Å². The van der Waals surface area contributed by atoms with E-state index in [2.05, 4.69) is 0 Å². The van der Waals surface area contributed by atoms with Crippen LogP contribution in [0.15, 0.2) is 29.2 Å². The van der Waals surface area contributed by atoms with E-state index in [1.54, 1.807) is 24.3 Å². The third-order valence-corrected chi connectivity index (χ3v) is 7.19. The lowest BCUT2D eigenvalue weighted by Gasteiger charge is -2.17. The van der Waals surface area contributed by atoms with Gasteiger partial charge in [-0.25, -0.2) is 8.42 Å². The van der Waals surface area contributed by atoms with Gasteiger partial charge in [-0.15, -0.1) is 0 Å². The zero-order chi connectivity index (χ0) is 15.7. The number of hydrogen-bond acceptors (Lipinski definition) is 3. The van der Waals surface area contributed by atoms with E-state index in [1.165, 1.54) is 12.8 Å². The molecule has 1 unspecified atom stereocenters. The molecule has 0 aliphatic heterocycles. The molecule has 1 N–H and O–H groups in total. The van der Waals surface area contributed by atoms with Crippen LogP contribution in [0.25, 0.3) is 0 Å². The number of carbonyl (C=O) groups is 1. The summed E-state index contributed by atoms with van der Waals surface area (Å²) in [6.45, 7) is 0. The molecule has 0 spiro atoms. The van der Waals surface area contributed by atoms with Crippen LogP contribution in [0.1, 0.15) is 56.4 Å². The van der Waals surface area contributed by atoms with Gasteiger partial charge in [0.25, 0.3) is 0 Å². The number of carboxylic acids is 1. The molecular weight excluding hydrogens is 300 g/mol. The summed E-state index contributed by atoms with van der Waals surface area (Å²) in [7, 11) is -3.20. The highest BCUT2D eigenvalue weighted by Crippen LogP contribution is 2.36. The SMILES string of the molecule is O=C(O)C(CC1CCCC1)c1ccc(S(=O)(=O)C2CC2)cc1. The predicted molar refractivity (Wildman–Crippen MR) is 83.6 cm³/mol. The molecule has 3 rings (SSSR count). The van der Waals surface area contributed by atoms with Crippen molar-refractivity contribution >= 4 is 15.8 Å². The summed E-state index contributed by atoms with van der Waals surface area (Å²) in [5.41, 5.74) is 0.717. The van der Waals surface area contributed by atoms with Crippen molar-refractivity contribution in [2.75, 3.05) is 0 Å². The van der Waals surface area contributed by atoms with Crippen molar-refractivity contribution < 1.29 is 18.3 Å². The third kappa shape index (κ3) is 3.19. The molecule has 0 heterocycles. The van der Waals surface area contributed by atoms with Gasteiger partial charge in [0, 0.05) is 0 Å². The zero-order valence-electron chi connectivity index (χ0n) is 12.6. The fraction of sp³-hybridized carbons (Fsp3) is 0.588. The second kappa shape index (κ2) is 6.03. The molecule has 0 aromatic heterocycles. The molecule has 22 heavy (non-hydrogen) atoms. The van der Waals surface area contributed by atoms with E-state index in [1.807, 2.05) is 0 Å². The summed E-state index contributed by atoms with van der Waals surface area (Å²) >= 11 is 0. The molecule has 0 amide bonds. The second-order valence-corrected chi connectivity index (χ2v) is 8.82. The molecule has 1 aromatic rings. The summed E-state index contributed by atoms with van der Waals surface area (Å²) in [4.78, 5) is 11.9. The highest BCUT2D eigenvalue weighted by Gasteiger charge is 2.37. The molecule has 0 saturated heterocycles. The van der Waals surface area contributed by atoms with Gasteiger partial charge in [-0.2, -0.15) is 0 Å². The fourth-order valence-electron chi connectivity index (χ4n) is 3.42. The van der Waals surface area contributed by atoms with Crippen molar-refractivity contribution in [1.29, 1.82) is 0 Å². The Labute approximate surface area is 131 Å². The Morgan fingerprint density at radius 1 is 1.09 bits per heavy atom. The van der Waals surface area contributed by atoms with Crippen molar-refractivity contribution in [3.8, 4) is 0 Å². The van der Waals surface area contributed by atoms with Crippen molar-refractivity contribution in [2.45, 2.75) is 61.0 Å². The smallest absolute Gasteiger partial charge is 0.310 e. The first-order valence-corrected chi connectivity index (χ1v) is 9.60. The van der Waals surface area contributed by atoms with E-state index < -0.39 is 21.7 Å². The maximum absolute atomic E-state index is 12.2. The predicted octanol–water partition coefficient (Wildman–Crippen LogP) is 3.37. The molecule has 2 saturated carbocycles. The largest absolute Gasteiger partial charge is 0.481 e. The zero-order valence-corrected chi connectivity index (χ0v) is 13.4. The van der Waals surface area contributed by atoms with E-state index in [0.717, 1.165) is 25.7 Å². The number of sulfone groups is 1. The van der Waals surface area contributed by atoms with Gasteiger partial charge < -0.3 is 5.11 Å². The van der Waals surface area contributed by atoms with Crippen LogP contribution >= 0.6 is 0 Å². The summed E-state index contributed by atoms with van der Waals surface area (Å²) in [6.07, 6.45) is 6.73. The van der Waals surface area contributed by atoms with Crippen LogP contribution in [0, 0.1) is 5.92 Å². The van der Waals surface area contributed by atoms with E-state index >= 15 is 0 Å². The molecule has 1 aromatic carbocycles.